The van der Waals surface area contributed by atoms with Crippen LogP contribution in [0.4, 0.5) is 0 Å². The zero-order valence-electron chi connectivity index (χ0n) is 40.4. The highest BCUT2D eigenvalue weighted by atomic mass is 28.4. The third kappa shape index (κ3) is 12.4. The predicted octanol–water partition coefficient (Wildman–Crippen LogP) is 7.06. The summed E-state index contributed by atoms with van der Waals surface area (Å²) in [5.41, 5.74) is -0.957. The zero-order chi connectivity index (χ0) is 46.6. The van der Waals surface area contributed by atoms with Crippen LogP contribution in [-0.2, 0) is 53.2 Å². The number of nitrogens with one attached hydrogen (secondary N) is 2. The molecule has 0 radical (unpaired) electrons. The quantitative estimate of drug-likeness (QED) is 0.0870. The first-order valence-electron chi connectivity index (χ1n) is 22.8. The molecular formula is C45H79N3O12Si2. The van der Waals surface area contributed by atoms with Crippen LogP contribution in [0.25, 0.3) is 0 Å². The van der Waals surface area contributed by atoms with Gasteiger partial charge < -0.3 is 37.5 Å². The van der Waals surface area contributed by atoms with Crippen LogP contribution in [-0.4, -0.2) is 101 Å². The van der Waals surface area contributed by atoms with E-state index in [1.54, 1.807) is 0 Å². The van der Waals surface area contributed by atoms with Crippen LogP contribution in [0.3, 0.4) is 0 Å². The van der Waals surface area contributed by atoms with E-state index in [-0.39, 0.29) is 75.9 Å². The lowest BCUT2D eigenvalue weighted by Crippen LogP contribution is -2.66. The van der Waals surface area contributed by atoms with Crippen LogP contribution in [0.5, 0.6) is 0 Å². The van der Waals surface area contributed by atoms with Crippen LogP contribution in [0.1, 0.15) is 140 Å². The summed E-state index contributed by atoms with van der Waals surface area (Å²) in [5, 5.41) is 2.15. The van der Waals surface area contributed by atoms with Crippen molar-refractivity contribution in [3.8, 4) is 0 Å². The number of nitrogens with zero attached hydrogens (tertiary/aromatic N) is 1. The predicted molar refractivity (Wildman–Crippen MR) is 241 cm³/mol. The zero-order valence-corrected chi connectivity index (χ0v) is 42.4. The molecule has 3 aliphatic rings. The van der Waals surface area contributed by atoms with Gasteiger partial charge in [0.05, 0.1) is 18.3 Å². The fourth-order valence-corrected chi connectivity index (χ4v) is 15.0. The second kappa shape index (κ2) is 20.8. The summed E-state index contributed by atoms with van der Waals surface area (Å²) in [6.07, 6.45) is 1.06. The molecule has 1 aromatic rings. The number of Topliss-reactive ketones (excluding diaryl/α,β-unsaturated/α-hetero) is 1. The molecule has 6 unspecified atom stereocenters. The lowest BCUT2D eigenvalue weighted by molar-refractivity contribution is -0.255. The molecule has 9 atom stereocenters. The van der Waals surface area contributed by atoms with E-state index in [1.807, 2.05) is 0 Å². The molecular weight excluding hydrogens is 831 g/mol. The highest BCUT2D eigenvalue weighted by Gasteiger charge is 2.66. The molecule has 3 aliphatic heterocycles. The monoisotopic (exact) mass is 910 g/mol. The van der Waals surface area contributed by atoms with Gasteiger partial charge in [-0.1, -0.05) is 83.1 Å². The number of ether oxygens (including phenoxy) is 4. The van der Waals surface area contributed by atoms with Crippen molar-refractivity contribution in [2.45, 2.75) is 200 Å². The van der Waals surface area contributed by atoms with Gasteiger partial charge in [0.2, 0.25) is 5.91 Å². The van der Waals surface area contributed by atoms with E-state index in [2.05, 4.69) is 106 Å². The van der Waals surface area contributed by atoms with E-state index >= 15 is 0 Å². The minimum Gasteiger partial charge on any atom is -0.463 e. The van der Waals surface area contributed by atoms with E-state index in [1.165, 1.54) is 17.7 Å². The molecule has 0 aliphatic carbocycles. The first kappa shape index (κ1) is 52.1. The third-order valence-corrected chi connectivity index (χ3v) is 23.3. The summed E-state index contributed by atoms with van der Waals surface area (Å²) < 4.78 is 46.4. The van der Waals surface area contributed by atoms with Gasteiger partial charge in [0.1, 0.15) is 36.8 Å². The van der Waals surface area contributed by atoms with Gasteiger partial charge in [-0.2, -0.15) is 0 Å². The maximum absolute atomic E-state index is 13.6. The van der Waals surface area contributed by atoms with Crippen LogP contribution in [0.15, 0.2) is 15.8 Å². The first-order chi connectivity index (χ1) is 28.6. The first-order valence-corrected chi connectivity index (χ1v) is 27.5. The SMILES string of the molecule is CC(=O)OCC1OC(OCCCCC(=O)CCCNC(=O)CCn2cc([C@@H]3O[C@@H]4CO[Si](C(C)(C)C)(C(C)(C)C)O[C@@H]4C3O[Si](C)(C)C(C)(C)C)c(=O)[nH]c2=O)C(C)C(C)C1C. The molecule has 4 heterocycles. The largest absolute Gasteiger partial charge is 0.463 e. The summed E-state index contributed by atoms with van der Waals surface area (Å²) in [7, 11) is -5.38. The molecule has 1 amide bonds. The minimum absolute atomic E-state index is 0.00619. The van der Waals surface area contributed by atoms with Crippen molar-refractivity contribution in [2.24, 2.45) is 17.8 Å². The molecule has 3 fully saturated rings. The molecule has 0 spiro atoms. The highest BCUT2D eigenvalue weighted by molar-refractivity contribution is 6.74. The molecule has 0 aromatic carbocycles. The van der Waals surface area contributed by atoms with Gasteiger partial charge in [0.15, 0.2) is 14.6 Å². The van der Waals surface area contributed by atoms with E-state index in [0.29, 0.717) is 57.8 Å². The topological polar surface area (TPSA) is 183 Å². The van der Waals surface area contributed by atoms with Gasteiger partial charge in [0, 0.05) is 68.1 Å². The Bertz CT molecular complexity index is 1800. The van der Waals surface area contributed by atoms with Crippen molar-refractivity contribution < 1.29 is 46.6 Å². The number of amides is 1. The number of unbranched alkanes of at least 4 members (excludes halogenated alkanes) is 1. The molecule has 15 nitrogen and oxygen atoms in total. The Hall–Kier alpha value is -2.52. The van der Waals surface area contributed by atoms with Gasteiger partial charge in [-0.25, -0.2) is 4.79 Å². The molecule has 3 saturated heterocycles. The lowest BCUT2D eigenvalue weighted by atomic mass is 9.79. The Morgan fingerprint density at radius 1 is 0.903 bits per heavy atom. The average Bonchev–Trinajstić information content (AvgIpc) is 3.50. The van der Waals surface area contributed by atoms with Crippen molar-refractivity contribution in [1.82, 2.24) is 14.9 Å². The Labute approximate surface area is 371 Å². The van der Waals surface area contributed by atoms with Gasteiger partial charge in [-0.05, 0) is 49.2 Å². The molecule has 354 valence electrons. The summed E-state index contributed by atoms with van der Waals surface area (Å²) in [4.78, 5) is 65.9. The molecule has 0 saturated carbocycles. The Kier molecular flexibility index (Phi) is 17.4. The van der Waals surface area contributed by atoms with Gasteiger partial charge in [-0.3, -0.25) is 28.7 Å². The molecule has 2 N–H and O–H groups in total. The number of aromatic amines is 1. The van der Waals surface area contributed by atoms with E-state index in [0.717, 1.165) is 0 Å². The summed E-state index contributed by atoms with van der Waals surface area (Å²) in [6.45, 7) is 32.8. The summed E-state index contributed by atoms with van der Waals surface area (Å²) in [5.74, 6) is 0.240. The number of ketones is 1. The van der Waals surface area contributed by atoms with E-state index in [9.17, 15) is 24.0 Å². The van der Waals surface area contributed by atoms with Gasteiger partial charge in [0.25, 0.3) is 5.56 Å². The van der Waals surface area contributed by atoms with Crippen molar-refractivity contribution in [1.29, 1.82) is 0 Å². The standard InChI is InChI=1S/C45H79N3O12Si2/c1-28-29(2)34(26-55-31(4)49)58-41(30(28)3)54-24-17-16-19-32(50)20-18-22-46-36(51)21-23-48-25-33(40(52)47-42(48)53)37-39(59-61(14,15)43(5,6)7)38-35(57-37)27-56-62(60-38,44(8,9)10)45(11,12)13/h25,28-30,34-35,37-39,41H,16-24,26-27H2,1-15H3,(H,46,51)(H,47,52,53)/t28?,29?,30?,34?,35-,37+,38+,39?,41?/m1/s1. The van der Waals surface area contributed by atoms with Gasteiger partial charge in [-0.15, -0.1) is 0 Å². The lowest BCUT2D eigenvalue weighted by Gasteiger charge is -2.54. The Morgan fingerprint density at radius 2 is 1.55 bits per heavy atom. The minimum atomic E-state index is -2.94. The summed E-state index contributed by atoms with van der Waals surface area (Å²) in [6, 6.07) is 0. The van der Waals surface area contributed by atoms with Crippen molar-refractivity contribution >= 4 is 34.5 Å². The van der Waals surface area contributed by atoms with E-state index < -0.39 is 58.8 Å². The van der Waals surface area contributed by atoms with Crippen molar-refractivity contribution in [3.05, 3.63) is 32.6 Å². The fourth-order valence-electron chi connectivity index (χ4n) is 8.77. The second-order valence-electron chi connectivity index (χ2n) is 21.5. The molecule has 4 rings (SSSR count). The van der Waals surface area contributed by atoms with Crippen molar-refractivity contribution in [2.75, 3.05) is 26.4 Å². The maximum Gasteiger partial charge on any atom is 0.349 e. The number of aromatic nitrogens is 2. The maximum atomic E-state index is 13.6. The Balaban J connectivity index is 1.29. The third-order valence-electron chi connectivity index (χ3n) is 13.7. The second-order valence-corrected chi connectivity index (χ2v) is 31.0. The summed E-state index contributed by atoms with van der Waals surface area (Å²) >= 11 is 0. The number of carbonyl (C=O) groups is 3. The number of rotatable bonds is 18. The molecule has 62 heavy (non-hydrogen) atoms. The van der Waals surface area contributed by atoms with E-state index in [4.69, 9.17) is 32.2 Å². The highest BCUT2D eigenvalue weighted by Crippen LogP contribution is 2.57. The van der Waals surface area contributed by atoms with Crippen LogP contribution < -0.4 is 16.6 Å². The number of hydrogen-bond donors (Lipinski definition) is 2. The average molecular weight is 910 g/mol. The van der Waals surface area contributed by atoms with Gasteiger partial charge >= 0.3 is 20.2 Å². The fraction of sp³-hybridized carbons (Fsp3) is 0.844. The number of carbonyl (C=O) groups excluding carboxylic acids is 3. The molecule has 1 aromatic heterocycles. The van der Waals surface area contributed by atoms with Crippen LogP contribution >= 0.6 is 0 Å². The molecule has 0 bridgehead atoms. The number of aryl methyl sites for hydroxylation is 1. The van der Waals surface area contributed by atoms with Crippen molar-refractivity contribution in [3.63, 3.8) is 0 Å². The Morgan fingerprint density at radius 3 is 2.16 bits per heavy atom. The normalized spacial score (nSPS) is 28.0. The number of H-pyrrole nitrogens is 1. The number of fused-ring (bicyclic) bond motifs is 1. The number of esters is 1. The number of hydrogen-bond acceptors (Lipinski definition) is 12. The van der Waals surface area contributed by atoms with Crippen LogP contribution in [0.2, 0.25) is 28.2 Å². The van der Waals surface area contributed by atoms with Crippen LogP contribution in [0, 0.1) is 17.8 Å². The molecule has 17 heteroatoms. The smallest absolute Gasteiger partial charge is 0.349 e.